The summed E-state index contributed by atoms with van der Waals surface area (Å²) >= 11 is 1.53. The van der Waals surface area contributed by atoms with E-state index in [9.17, 15) is 4.39 Å². The minimum absolute atomic E-state index is 0. The second-order valence-corrected chi connectivity index (χ2v) is 8.47. The van der Waals surface area contributed by atoms with E-state index in [1.165, 1.54) is 23.7 Å². The first-order valence-corrected chi connectivity index (χ1v) is 11.6. The number of halogens is 1. The molecule has 0 aromatic carbocycles. The van der Waals surface area contributed by atoms with Crippen molar-refractivity contribution in [3.05, 3.63) is 77.6 Å². The molecule has 0 saturated heterocycles. The Bertz CT molecular complexity index is 1380. The van der Waals surface area contributed by atoms with Crippen LogP contribution in [0.5, 0.6) is 0 Å². The van der Waals surface area contributed by atoms with Crippen molar-refractivity contribution in [1.29, 1.82) is 0 Å². The van der Waals surface area contributed by atoms with Crippen LogP contribution < -0.4 is 15.6 Å². The molecule has 2 N–H and O–H groups in total. The molecular weight excluding hydrogens is 634 g/mol. The van der Waals surface area contributed by atoms with Crippen LogP contribution in [0.25, 0.3) is 21.7 Å². The number of anilines is 1. The van der Waals surface area contributed by atoms with Crippen LogP contribution in [0.2, 0.25) is 0 Å². The number of fused-ring (bicyclic) bond motifs is 1. The summed E-state index contributed by atoms with van der Waals surface area (Å²) in [6.45, 7) is 1.75. The van der Waals surface area contributed by atoms with Gasteiger partial charge in [-0.3, -0.25) is 9.97 Å². The van der Waals surface area contributed by atoms with Gasteiger partial charge in [0.1, 0.15) is 22.5 Å². The Labute approximate surface area is 220 Å². The Balaban J connectivity index is 0.00000289. The van der Waals surface area contributed by atoms with E-state index in [0.717, 1.165) is 53.0 Å². The molecule has 177 valence electrons. The van der Waals surface area contributed by atoms with Gasteiger partial charge in [-0.15, -0.1) is 0 Å². The molecule has 0 bridgehead atoms. The molecular formula is C23H21FN9STa-. The quantitative estimate of drug-likeness (QED) is 0.219. The number of imidazole rings is 1. The number of thiazole rings is 1. The topological polar surface area (TPSA) is 116 Å². The van der Waals surface area contributed by atoms with Gasteiger partial charge in [-0.25, -0.2) is 19.3 Å². The fourth-order valence-electron chi connectivity index (χ4n) is 3.36. The summed E-state index contributed by atoms with van der Waals surface area (Å²) in [5, 5.41) is 7.49. The molecule has 0 aliphatic heterocycles. The summed E-state index contributed by atoms with van der Waals surface area (Å²) in [6.07, 6.45) is 8.05. The number of nitrogens with one attached hydrogen (secondary N) is 2. The van der Waals surface area contributed by atoms with Gasteiger partial charge in [-0.2, -0.15) is 0 Å². The largest absolute Gasteiger partial charge is 0.446 e. The molecule has 5 aromatic rings. The summed E-state index contributed by atoms with van der Waals surface area (Å²) in [7, 11) is 0. The Kier molecular flexibility index (Phi) is 8.61. The third-order valence-electron chi connectivity index (χ3n) is 5.05. The van der Waals surface area contributed by atoms with Crippen molar-refractivity contribution in [2.45, 2.75) is 19.4 Å². The summed E-state index contributed by atoms with van der Waals surface area (Å²) in [5.41, 5.74) is 2.63. The molecule has 12 heteroatoms. The van der Waals surface area contributed by atoms with E-state index < -0.39 is 0 Å². The first-order valence-electron chi connectivity index (χ1n) is 10.8. The first kappa shape index (κ1) is 25.0. The van der Waals surface area contributed by atoms with Crippen LogP contribution in [0.1, 0.15) is 16.5 Å². The van der Waals surface area contributed by atoms with Crippen LogP contribution in [-0.2, 0) is 41.8 Å². The Morgan fingerprint density at radius 1 is 0.943 bits per heavy atom. The van der Waals surface area contributed by atoms with Crippen molar-refractivity contribution in [2.75, 3.05) is 18.4 Å². The molecule has 0 aliphatic carbocycles. The maximum absolute atomic E-state index is 13.8. The van der Waals surface area contributed by atoms with Crippen LogP contribution in [0.3, 0.4) is 0 Å². The number of rotatable bonds is 10. The number of hydrogen-bond acceptors (Lipinski definition) is 9. The van der Waals surface area contributed by atoms with Crippen molar-refractivity contribution in [3.8, 4) is 11.4 Å². The Hall–Kier alpha value is -3.09. The van der Waals surface area contributed by atoms with Crippen molar-refractivity contribution in [1.82, 2.24) is 40.2 Å². The van der Waals surface area contributed by atoms with E-state index in [-0.39, 0.29) is 34.7 Å². The molecule has 35 heavy (non-hydrogen) atoms. The Morgan fingerprint density at radius 3 is 2.69 bits per heavy atom. The molecule has 0 atom stereocenters. The molecule has 5 aromatic heterocycles. The second-order valence-electron chi connectivity index (χ2n) is 7.41. The van der Waals surface area contributed by atoms with Crippen LogP contribution in [-0.4, -0.2) is 43.0 Å². The van der Waals surface area contributed by atoms with Crippen LogP contribution in [0.15, 0.2) is 55.2 Å². The predicted octanol–water partition coefficient (Wildman–Crippen LogP) is 3.02. The number of aromatic nitrogens is 7. The summed E-state index contributed by atoms with van der Waals surface area (Å²) in [4.78, 5) is 31.4. The fourth-order valence-corrected chi connectivity index (χ4v) is 4.26. The summed E-state index contributed by atoms with van der Waals surface area (Å²) < 4.78 is 13.8. The van der Waals surface area contributed by atoms with Gasteiger partial charge >= 0.3 is 0 Å². The molecule has 5 rings (SSSR count). The summed E-state index contributed by atoms with van der Waals surface area (Å²) in [6, 6.07) is 8.69. The van der Waals surface area contributed by atoms with E-state index in [1.807, 2.05) is 18.2 Å². The zero-order chi connectivity index (χ0) is 23.2. The second kappa shape index (κ2) is 12.0. The van der Waals surface area contributed by atoms with E-state index in [1.54, 1.807) is 24.7 Å². The maximum atomic E-state index is 13.8. The minimum atomic E-state index is -0.356. The molecule has 0 spiro atoms. The predicted molar refractivity (Wildman–Crippen MR) is 128 cm³/mol. The standard InChI is InChI=1S/C23H21FN9S.Ta/c24-15-4-3-9-27-17(15)12-29-22-21-23(31-14-30-22)34-20(33-21)7-11-25-10-6-19-28-13-18(32-19)16-5-1-2-8-26-16;/h1-5,8-9,13-14,25H,6-7,10-12H2,(H-,28,29,30,31,32);/q-1;. The Morgan fingerprint density at radius 2 is 1.83 bits per heavy atom. The zero-order valence-electron chi connectivity index (χ0n) is 18.6. The van der Waals surface area contributed by atoms with Crippen molar-refractivity contribution >= 4 is 27.5 Å². The molecule has 0 amide bonds. The number of hydrogen-bond donors (Lipinski definition) is 2. The van der Waals surface area contributed by atoms with Gasteiger partial charge in [-0.1, -0.05) is 29.4 Å². The van der Waals surface area contributed by atoms with Gasteiger partial charge in [0.25, 0.3) is 0 Å². The van der Waals surface area contributed by atoms with Gasteiger partial charge in [0.2, 0.25) is 0 Å². The van der Waals surface area contributed by atoms with Crippen LogP contribution in [0.4, 0.5) is 10.2 Å². The summed E-state index contributed by atoms with van der Waals surface area (Å²) in [5.74, 6) is 1.01. The van der Waals surface area contributed by atoms with Gasteiger partial charge in [0.05, 0.1) is 22.9 Å². The molecule has 0 aliphatic rings. The third-order valence-corrected chi connectivity index (χ3v) is 6.07. The third kappa shape index (κ3) is 6.33. The molecule has 0 fully saturated rings. The number of nitrogens with zero attached hydrogens (tertiary/aromatic N) is 7. The van der Waals surface area contributed by atoms with Crippen molar-refractivity contribution in [3.63, 3.8) is 0 Å². The average Bonchev–Trinajstić information content (AvgIpc) is 3.51. The van der Waals surface area contributed by atoms with Crippen LogP contribution >= 0.6 is 11.3 Å². The average molecular weight is 655 g/mol. The molecule has 5 heterocycles. The normalized spacial score (nSPS) is 10.9. The van der Waals surface area contributed by atoms with Crippen molar-refractivity contribution in [2.24, 2.45) is 0 Å². The smallest absolute Gasteiger partial charge is 0.157 e. The van der Waals surface area contributed by atoms with E-state index >= 15 is 0 Å². The van der Waals surface area contributed by atoms with Gasteiger partial charge in [-0.05, 0) is 42.9 Å². The SMILES string of the molecule is Fc1cccnc1CNc1ncnc2sc(CCNCCc3ncc(-c4ccccn4)[n-]3)nc12.[Ta]. The van der Waals surface area contributed by atoms with E-state index in [0.29, 0.717) is 17.0 Å². The molecule has 1 radical (unpaired) electrons. The molecule has 0 unspecified atom stereocenters. The van der Waals surface area contributed by atoms with Gasteiger partial charge in [0, 0.05) is 47.7 Å². The van der Waals surface area contributed by atoms with Gasteiger partial charge in [0.15, 0.2) is 5.82 Å². The molecule has 0 saturated carbocycles. The zero-order valence-corrected chi connectivity index (χ0v) is 22.6. The van der Waals surface area contributed by atoms with Gasteiger partial charge < -0.3 is 20.6 Å². The van der Waals surface area contributed by atoms with Crippen LogP contribution in [0, 0.1) is 5.82 Å². The van der Waals surface area contributed by atoms with E-state index in [2.05, 4.69) is 45.5 Å². The van der Waals surface area contributed by atoms with Crippen molar-refractivity contribution < 1.29 is 26.8 Å². The molecule has 9 nitrogen and oxygen atoms in total. The number of pyridine rings is 2. The maximum Gasteiger partial charge on any atom is 0.157 e. The first-order chi connectivity index (χ1) is 16.8. The van der Waals surface area contributed by atoms with E-state index in [4.69, 9.17) is 0 Å². The fraction of sp³-hybridized carbons (Fsp3) is 0.217. The monoisotopic (exact) mass is 655 g/mol. The minimum Gasteiger partial charge on any atom is -0.446 e.